The number of amides is 2. The number of nitrogens with zero attached hydrogens (tertiary/aromatic N) is 2. The van der Waals surface area contributed by atoms with Crippen LogP contribution in [0.4, 0.5) is 23.7 Å². The van der Waals surface area contributed by atoms with Crippen LogP contribution in [0.1, 0.15) is 42.3 Å². The zero-order valence-corrected chi connectivity index (χ0v) is 18.9. The second kappa shape index (κ2) is 9.82. The smallest absolute Gasteiger partial charge is 0.416 e. The lowest BCUT2D eigenvalue weighted by atomic mass is 10.1. The van der Waals surface area contributed by atoms with E-state index in [0.29, 0.717) is 25.3 Å². The largest absolute Gasteiger partial charge is 0.444 e. The fourth-order valence-corrected chi connectivity index (χ4v) is 3.38. The van der Waals surface area contributed by atoms with Gasteiger partial charge in [0.25, 0.3) is 5.91 Å². The number of hydrogen-bond acceptors (Lipinski definition) is 4. The van der Waals surface area contributed by atoms with Crippen molar-refractivity contribution < 1.29 is 27.5 Å². The van der Waals surface area contributed by atoms with Gasteiger partial charge in [0, 0.05) is 44.0 Å². The molecule has 0 aliphatic carbocycles. The van der Waals surface area contributed by atoms with Crippen LogP contribution in [0, 0.1) is 0 Å². The van der Waals surface area contributed by atoms with Crippen molar-refractivity contribution in [3.8, 4) is 0 Å². The van der Waals surface area contributed by atoms with Crippen LogP contribution < -0.4 is 5.32 Å². The molecule has 2 aromatic rings. The molecule has 0 unspecified atom stereocenters. The summed E-state index contributed by atoms with van der Waals surface area (Å²) in [6, 6.07) is 11.4. The zero-order chi connectivity index (χ0) is 24.2. The molecule has 0 spiro atoms. The highest BCUT2D eigenvalue weighted by Gasteiger charge is 2.30. The van der Waals surface area contributed by atoms with Crippen LogP contribution >= 0.6 is 0 Å². The van der Waals surface area contributed by atoms with Gasteiger partial charge in [0.2, 0.25) is 0 Å². The number of alkyl halides is 3. The predicted octanol–water partition coefficient (Wildman–Crippen LogP) is 5.01. The van der Waals surface area contributed by atoms with Crippen molar-refractivity contribution in [2.75, 3.05) is 31.5 Å². The molecule has 0 radical (unpaired) electrons. The van der Waals surface area contributed by atoms with Crippen LogP contribution in [-0.2, 0) is 17.5 Å². The first kappa shape index (κ1) is 24.6. The summed E-state index contributed by atoms with van der Waals surface area (Å²) in [5, 5.41) is 2.69. The van der Waals surface area contributed by atoms with Gasteiger partial charge in [-0.05, 0) is 62.7 Å². The van der Waals surface area contributed by atoms with E-state index in [-0.39, 0.29) is 11.7 Å². The first-order chi connectivity index (χ1) is 15.4. The predicted molar refractivity (Wildman–Crippen MR) is 119 cm³/mol. The lowest BCUT2D eigenvalue weighted by Crippen LogP contribution is -2.49. The highest BCUT2D eigenvalue weighted by atomic mass is 19.4. The Morgan fingerprint density at radius 1 is 0.909 bits per heavy atom. The number of anilines is 1. The minimum absolute atomic E-state index is 0.148. The third kappa shape index (κ3) is 7.21. The summed E-state index contributed by atoms with van der Waals surface area (Å²) in [6.07, 6.45) is -4.73. The van der Waals surface area contributed by atoms with Crippen LogP contribution in [0.5, 0.6) is 0 Å². The van der Waals surface area contributed by atoms with Gasteiger partial charge in [-0.25, -0.2) is 4.79 Å². The number of halogens is 3. The number of rotatable bonds is 4. The second-order valence-electron chi connectivity index (χ2n) is 8.97. The lowest BCUT2D eigenvalue weighted by Gasteiger charge is -2.35. The molecule has 1 aliphatic rings. The van der Waals surface area contributed by atoms with E-state index >= 15 is 0 Å². The first-order valence-corrected chi connectivity index (χ1v) is 10.7. The van der Waals surface area contributed by atoms with Crippen molar-refractivity contribution in [1.82, 2.24) is 9.80 Å². The van der Waals surface area contributed by atoms with E-state index < -0.39 is 23.2 Å². The summed E-state index contributed by atoms with van der Waals surface area (Å²) in [7, 11) is 0. The molecule has 1 heterocycles. The van der Waals surface area contributed by atoms with Gasteiger partial charge >= 0.3 is 12.3 Å². The van der Waals surface area contributed by atoms with E-state index in [9.17, 15) is 22.8 Å². The third-order valence-electron chi connectivity index (χ3n) is 5.12. The van der Waals surface area contributed by atoms with Crippen LogP contribution in [0.15, 0.2) is 48.5 Å². The summed E-state index contributed by atoms with van der Waals surface area (Å²) < 4.78 is 43.4. The molecule has 0 bridgehead atoms. The van der Waals surface area contributed by atoms with Crippen molar-refractivity contribution in [1.29, 1.82) is 0 Å². The Kier molecular flexibility index (Phi) is 7.31. The summed E-state index contributed by atoms with van der Waals surface area (Å²) in [6.45, 7) is 8.88. The Morgan fingerprint density at radius 3 is 2.00 bits per heavy atom. The number of nitrogens with one attached hydrogen (secondary N) is 1. The number of hydrogen-bond donors (Lipinski definition) is 1. The maximum Gasteiger partial charge on any atom is 0.416 e. The van der Waals surface area contributed by atoms with Crippen molar-refractivity contribution in [3.63, 3.8) is 0 Å². The normalized spacial score (nSPS) is 15.3. The van der Waals surface area contributed by atoms with E-state index in [0.717, 1.165) is 42.9 Å². The van der Waals surface area contributed by atoms with Crippen molar-refractivity contribution in [2.24, 2.45) is 0 Å². The number of ether oxygens (including phenoxy) is 1. The zero-order valence-electron chi connectivity index (χ0n) is 18.9. The van der Waals surface area contributed by atoms with E-state index in [1.807, 2.05) is 32.9 Å². The molecule has 0 atom stereocenters. The number of benzene rings is 2. The lowest BCUT2D eigenvalue weighted by molar-refractivity contribution is -0.137. The molecule has 9 heteroatoms. The summed E-state index contributed by atoms with van der Waals surface area (Å²) in [5.74, 6) is -0.477. The molecule has 178 valence electrons. The summed E-state index contributed by atoms with van der Waals surface area (Å²) in [5.41, 5.74) is 0.439. The molecule has 1 saturated heterocycles. The molecule has 3 rings (SSSR count). The maximum absolute atomic E-state index is 12.7. The van der Waals surface area contributed by atoms with Crippen LogP contribution in [0.2, 0.25) is 0 Å². The SMILES string of the molecule is CC(C)(C)OC(=O)N1CCN(Cc2ccc(NC(=O)c3ccc(C(F)(F)F)cc3)cc2)CC1. The fraction of sp³-hybridized carbons (Fsp3) is 0.417. The van der Waals surface area contributed by atoms with Gasteiger partial charge in [0.1, 0.15) is 5.60 Å². The maximum atomic E-state index is 12.7. The van der Waals surface area contributed by atoms with E-state index in [4.69, 9.17) is 4.74 Å². The molecule has 1 fully saturated rings. The number of carbonyl (C=O) groups is 2. The molecule has 33 heavy (non-hydrogen) atoms. The van der Waals surface area contributed by atoms with Gasteiger partial charge in [-0.1, -0.05) is 12.1 Å². The Labute approximate surface area is 191 Å². The summed E-state index contributed by atoms with van der Waals surface area (Å²) >= 11 is 0. The monoisotopic (exact) mass is 463 g/mol. The first-order valence-electron chi connectivity index (χ1n) is 10.7. The van der Waals surface area contributed by atoms with Gasteiger partial charge < -0.3 is 15.0 Å². The molecule has 2 aromatic carbocycles. The fourth-order valence-electron chi connectivity index (χ4n) is 3.38. The molecule has 6 nitrogen and oxygen atoms in total. The standard InChI is InChI=1S/C24H28F3N3O3/c1-23(2,3)33-22(32)30-14-12-29(13-15-30)16-17-4-10-20(11-5-17)28-21(31)18-6-8-19(9-7-18)24(25,26)27/h4-11H,12-16H2,1-3H3,(H,28,31). The van der Waals surface area contributed by atoms with Crippen molar-refractivity contribution in [3.05, 3.63) is 65.2 Å². The number of carbonyl (C=O) groups excluding carboxylic acids is 2. The van der Waals surface area contributed by atoms with Crippen molar-refractivity contribution >= 4 is 17.7 Å². The topological polar surface area (TPSA) is 61.9 Å². The molecule has 1 aliphatic heterocycles. The quantitative estimate of drug-likeness (QED) is 0.693. The minimum Gasteiger partial charge on any atom is -0.444 e. The van der Waals surface area contributed by atoms with Gasteiger partial charge in [-0.3, -0.25) is 9.69 Å². The average Bonchev–Trinajstić information content (AvgIpc) is 2.74. The van der Waals surface area contributed by atoms with E-state index in [1.165, 1.54) is 0 Å². The Morgan fingerprint density at radius 2 is 1.48 bits per heavy atom. The minimum atomic E-state index is -4.44. The van der Waals surface area contributed by atoms with E-state index in [2.05, 4.69) is 10.2 Å². The molecule has 0 aromatic heterocycles. The third-order valence-corrected chi connectivity index (χ3v) is 5.12. The Hall–Kier alpha value is -3.07. The van der Waals surface area contributed by atoms with E-state index in [1.54, 1.807) is 17.0 Å². The van der Waals surface area contributed by atoms with Gasteiger partial charge in [-0.15, -0.1) is 0 Å². The molecule has 0 saturated carbocycles. The molecular formula is C24H28F3N3O3. The van der Waals surface area contributed by atoms with Crippen LogP contribution in [-0.4, -0.2) is 53.6 Å². The van der Waals surface area contributed by atoms with Crippen molar-refractivity contribution in [2.45, 2.75) is 39.1 Å². The van der Waals surface area contributed by atoms with Gasteiger partial charge in [0.05, 0.1) is 5.56 Å². The van der Waals surface area contributed by atoms with Gasteiger partial charge in [0.15, 0.2) is 0 Å². The average molecular weight is 464 g/mol. The van der Waals surface area contributed by atoms with Crippen LogP contribution in [0.25, 0.3) is 0 Å². The second-order valence-corrected chi connectivity index (χ2v) is 8.97. The van der Waals surface area contributed by atoms with Crippen LogP contribution in [0.3, 0.4) is 0 Å². The Balaban J connectivity index is 1.49. The molecular weight excluding hydrogens is 435 g/mol. The molecule has 1 N–H and O–H groups in total. The highest BCUT2D eigenvalue weighted by Crippen LogP contribution is 2.29. The summed E-state index contributed by atoms with van der Waals surface area (Å²) in [4.78, 5) is 28.4. The highest BCUT2D eigenvalue weighted by molar-refractivity contribution is 6.04. The number of piperazine rings is 1. The van der Waals surface area contributed by atoms with Gasteiger partial charge in [-0.2, -0.15) is 13.2 Å². The Bertz CT molecular complexity index is 960. The molecule has 2 amide bonds.